The zero-order chi connectivity index (χ0) is 15.5. The second kappa shape index (κ2) is 6.28. The number of fused-ring (bicyclic) bond motifs is 1. The van der Waals surface area contributed by atoms with Gasteiger partial charge in [-0.3, -0.25) is 9.78 Å². The van der Waals surface area contributed by atoms with Crippen LogP contribution in [0.3, 0.4) is 0 Å². The Labute approximate surface area is 132 Å². The van der Waals surface area contributed by atoms with Gasteiger partial charge in [0.15, 0.2) is 5.78 Å². The second-order valence-electron chi connectivity index (χ2n) is 4.96. The molecule has 1 aromatic heterocycles. The molecule has 1 unspecified atom stereocenters. The number of aromatic nitrogens is 1. The van der Waals surface area contributed by atoms with Gasteiger partial charge in [-0.25, -0.2) is 4.39 Å². The highest BCUT2D eigenvalue weighted by Crippen LogP contribution is 2.31. The molecule has 0 radical (unpaired) electrons. The molecule has 2 aromatic carbocycles. The minimum absolute atomic E-state index is 0.00843. The maximum Gasteiger partial charge on any atom is 0.175 e. The standard InChI is InChI=1S/C18H14FNOS/c1-12(18(21)13-6-8-14(19)9-7-13)22-17-10-11-20-16-5-3-2-4-15(16)17/h2-12H,1H3. The first kappa shape index (κ1) is 14.7. The number of carbonyl (C=O) groups is 1. The van der Waals surface area contributed by atoms with Crippen LogP contribution in [0.15, 0.2) is 65.7 Å². The Morgan fingerprint density at radius 3 is 2.59 bits per heavy atom. The molecule has 0 aliphatic heterocycles. The van der Waals surface area contributed by atoms with E-state index in [2.05, 4.69) is 4.98 Å². The van der Waals surface area contributed by atoms with E-state index in [9.17, 15) is 9.18 Å². The molecule has 4 heteroatoms. The second-order valence-corrected chi connectivity index (χ2v) is 6.34. The highest BCUT2D eigenvalue weighted by molar-refractivity contribution is 8.00. The van der Waals surface area contributed by atoms with E-state index < -0.39 is 0 Å². The first-order valence-corrected chi connectivity index (χ1v) is 7.83. The summed E-state index contributed by atoms with van der Waals surface area (Å²) in [6, 6.07) is 15.4. The lowest BCUT2D eigenvalue weighted by atomic mass is 10.1. The highest BCUT2D eigenvalue weighted by atomic mass is 32.2. The monoisotopic (exact) mass is 311 g/mol. The average molecular weight is 311 g/mol. The van der Waals surface area contributed by atoms with Crippen LogP contribution in [-0.4, -0.2) is 16.0 Å². The van der Waals surface area contributed by atoms with Crippen molar-refractivity contribution in [3.05, 3.63) is 72.2 Å². The summed E-state index contributed by atoms with van der Waals surface area (Å²) in [7, 11) is 0. The van der Waals surface area contributed by atoms with Crippen molar-refractivity contribution in [3.8, 4) is 0 Å². The maximum atomic E-state index is 12.9. The Bertz CT molecular complexity index is 811. The molecular formula is C18H14FNOS. The molecule has 1 heterocycles. The fourth-order valence-corrected chi connectivity index (χ4v) is 3.33. The third-order valence-electron chi connectivity index (χ3n) is 3.41. The van der Waals surface area contributed by atoms with Gasteiger partial charge in [0.05, 0.1) is 10.8 Å². The van der Waals surface area contributed by atoms with Gasteiger partial charge < -0.3 is 0 Å². The SMILES string of the molecule is CC(Sc1ccnc2ccccc12)C(=O)c1ccc(F)cc1. The number of ketones is 1. The van der Waals surface area contributed by atoms with E-state index >= 15 is 0 Å². The first-order valence-electron chi connectivity index (χ1n) is 6.95. The van der Waals surface area contributed by atoms with Gasteiger partial charge in [-0.15, -0.1) is 11.8 Å². The molecule has 110 valence electrons. The van der Waals surface area contributed by atoms with Crippen LogP contribution in [0.1, 0.15) is 17.3 Å². The number of rotatable bonds is 4. The van der Waals surface area contributed by atoms with Crippen LogP contribution in [0.2, 0.25) is 0 Å². The van der Waals surface area contributed by atoms with E-state index in [1.807, 2.05) is 37.3 Å². The number of hydrogen-bond acceptors (Lipinski definition) is 3. The van der Waals surface area contributed by atoms with Crippen LogP contribution in [0.4, 0.5) is 4.39 Å². The van der Waals surface area contributed by atoms with Gasteiger partial charge in [-0.05, 0) is 43.3 Å². The summed E-state index contributed by atoms with van der Waals surface area (Å²) in [5, 5.41) is 0.782. The van der Waals surface area contributed by atoms with E-state index in [-0.39, 0.29) is 16.9 Å². The number of carbonyl (C=O) groups excluding carboxylic acids is 1. The molecular weight excluding hydrogens is 297 g/mol. The van der Waals surface area contributed by atoms with Gasteiger partial charge in [0, 0.05) is 22.0 Å². The lowest BCUT2D eigenvalue weighted by Gasteiger charge is -2.12. The van der Waals surface area contributed by atoms with Crippen LogP contribution in [0.5, 0.6) is 0 Å². The van der Waals surface area contributed by atoms with E-state index in [1.165, 1.54) is 36.0 Å². The number of nitrogens with zero attached hydrogens (tertiary/aromatic N) is 1. The lowest BCUT2D eigenvalue weighted by Crippen LogP contribution is -2.13. The molecule has 0 N–H and O–H groups in total. The summed E-state index contributed by atoms with van der Waals surface area (Å²) < 4.78 is 12.9. The summed E-state index contributed by atoms with van der Waals surface area (Å²) in [4.78, 5) is 17.8. The molecule has 2 nitrogen and oxygen atoms in total. The van der Waals surface area contributed by atoms with Crippen molar-refractivity contribution in [2.45, 2.75) is 17.1 Å². The number of Topliss-reactive ketones (excluding diaryl/α,β-unsaturated/α-hetero) is 1. The van der Waals surface area contributed by atoms with Crippen molar-refractivity contribution in [2.75, 3.05) is 0 Å². The van der Waals surface area contributed by atoms with Gasteiger partial charge in [0.2, 0.25) is 0 Å². The molecule has 0 bridgehead atoms. The summed E-state index contributed by atoms with van der Waals surface area (Å²) in [5.41, 5.74) is 1.44. The molecule has 3 rings (SSSR count). The van der Waals surface area contributed by atoms with Gasteiger partial charge in [-0.2, -0.15) is 0 Å². The average Bonchev–Trinajstić information content (AvgIpc) is 2.55. The summed E-state index contributed by atoms with van der Waals surface area (Å²) in [6.45, 7) is 1.87. The topological polar surface area (TPSA) is 30.0 Å². The molecule has 0 saturated carbocycles. The zero-order valence-electron chi connectivity index (χ0n) is 12.0. The largest absolute Gasteiger partial charge is 0.293 e. The smallest absolute Gasteiger partial charge is 0.175 e. The molecule has 0 spiro atoms. The quantitative estimate of drug-likeness (QED) is 0.515. The Balaban J connectivity index is 1.85. The van der Waals surface area contributed by atoms with Crippen LogP contribution < -0.4 is 0 Å². The fourth-order valence-electron chi connectivity index (χ4n) is 2.27. The number of hydrogen-bond donors (Lipinski definition) is 0. The van der Waals surface area contributed by atoms with Crippen LogP contribution in [0.25, 0.3) is 10.9 Å². The third-order valence-corrected chi connectivity index (χ3v) is 4.59. The predicted octanol–water partition coefficient (Wildman–Crippen LogP) is 4.74. The summed E-state index contributed by atoms with van der Waals surface area (Å²) in [5.74, 6) is -0.345. The summed E-state index contributed by atoms with van der Waals surface area (Å²) >= 11 is 1.50. The van der Waals surface area contributed by atoms with E-state index in [4.69, 9.17) is 0 Å². The summed E-state index contributed by atoms with van der Waals surface area (Å²) in [6.07, 6.45) is 1.75. The molecule has 22 heavy (non-hydrogen) atoms. The molecule has 0 saturated heterocycles. The fraction of sp³-hybridized carbons (Fsp3) is 0.111. The van der Waals surface area contributed by atoms with Crippen molar-refractivity contribution >= 4 is 28.4 Å². The van der Waals surface area contributed by atoms with Gasteiger partial charge in [0.1, 0.15) is 5.82 Å². The van der Waals surface area contributed by atoms with Crippen LogP contribution in [0, 0.1) is 5.82 Å². The van der Waals surface area contributed by atoms with Gasteiger partial charge >= 0.3 is 0 Å². The number of benzene rings is 2. The van der Waals surface area contributed by atoms with Crippen LogP contribution >= 0.6 is 11.8 Å². The predicted molar refractivity (Wildman–Crippen MR) is 87.8 cm³/mol. The molecule has 0 aliphatic rings. The highest BCUT2D eigenvalue weighted by Gasteiger charge is 2.17. The van der Waals surface area contributed by atoms with Crippen LogP contribution in [-0.2, 0) is 0 Å². The van der Waals surface area contributed by atoms with Gasteiger partial charge in [0.25, 0.3) is 0 Å². The van der Waals surface area contributed by atoms with Crippen molar-refractivity contribution in [1.82, 2.24) is 4.98 Å². The van der Waals surface area contributed by atoms with Crippen molar-refractivity contribution in [3.63, 3.8) is 0 Å². The Kier molecular flexibility index (Phi) is 4.20. The third kappa shape index (κ3) is 3.02. The molecule has 1 atom stereocenters. The lowest BCUT2D eigenvalue weighted by molar-refractivity contribution is 0.0994. The first-order chi connectivity index (χ1) is 10.6. The van der Waals surface area contributed by atoms with Crippen molar-refractivity contribution in [2.24, 2.45) is 0 Å². The molecule has 0 amide bonds. The number of halogens is 1. The number of pyridine rings is 1. The zero-order valence-corrected chi connectivity index (χ0v) is 12.8. The minimum atomic E-state index is -0.336. The Hall–Kier alpha value is -2.20. The molecule has 0 aliphatic carbocycles. The molecule has 3 aromatic rings. The normalized spacial score (nSPS) is 12.3. The van der Waals surface area contributed by atoms with E-state index in [1.54, 1.807) is 6.20 Å². The van der Waals surface area contributed by atoms with Gasteiger partial charge in [-0.1, -0.05) is 18.2 Å². The van der Waals surface area contributed by atoms with E-state index in [0.29, 0.717) is 5.56 Å². The van der Waals surface area contributed by atoms with E-state index in [0.717, 1.165) is 15.8 Å². The maximum absolute atomic E-state index is 12.9. The Morgan fingerprint density at radius 1 is 1.09 bits per heavy atom. The minimum Gasteiger partial charge on any atom is -0.293 e. The molecule has 0 fully saturated rings. The van der Waals surface area contributed by atoms with Crippen molar-refractivity contribution < 1.29 is 9.18 Å². The van der Waals surface area contributed by atoms with Crippen molar-refractivity contribution in [1.29, 1.82) is 0 Å². The number of para-hydroxylation sites is 1. The number of thioether (sulfide) groups is 1. The Morgan fingerprint density at radius 2 is 1.82 bits per heavy atom.